The molecule has 6 heteroatoms. The van der Waals surface area contributed by atoms with Gasteiger partial charge < -0.3 is 16.0 Å². The Bertz CT molecular complexity index is 991. The van der Waals surface area contributed by atoms with Crippen LogP contribution in [0.4, 0.5) is 17.2 Å². The largest absolute Gasteiger partial charge is 0.396 e. The molecule has 0 aliphatic heterocycles. The van der Waals surface area contributed by atoms with Crippen molar-refractivity contribution < 1.29 is 0 Å². The van der Waals surface area contributed by atoms with E-state index in [-0.39, 0.29) is 0 Å². The lowest BCUT2D eigenvalue weighted by atomic mass is 10.1. The molecule has 3 rings (SSSR count). The average molecular weight is 422 g/mol. The lowest BCUT2D eigenvalue weighted by molar-refractivity contribution is 0.406. The fourth-order valence-corrected chi connectivity index (χ4v) is 3.96. The molecule has 30 heavy (non-hydrogen) atoms. The molecule has 0 unspecified atom stereocenters. The summed E-state index contributed by atoms with van der Waals surface area (Å²) in [6.45, 7) is 13.0. The minimum atomic E-state index is 0.606. The summed E-state index contributed by atoms with van der Waals surface area (Å²) in [7, 11) is 4.14. The molecule has 0 aliphatic rings. The first kappa shape index (κ1) is 23.3. The van der Waals surface area contributed by atoms with Crippen LogP contribution in [0.15, 0.2) is 54.0 Å². The van der Waals surface area contributed by atoms with Crippen molar-refractivity contribution in [2.24, 2.45) is 4.99 Å². The van der Waals surface area contributed by atoms with Crippen LogP contribution in [0, 0.1) is 0 Å². The molecule has 0 atom stereocenters. The summed E-state index contributed by atoms with van der Waals surface area (Å²) in [6, 6.07) is 14.1. The highest BCUT2D eigenvalue weighted by molar-refractivity contribution is 7.15. The molecule has 0 saturated carbocycles. The molecule has 0 saturated heterocycles. The smallest absolute Gasteiger partial charge is 0.150 e. The van der Waals surface area contributed by atoms with Crippen molar-refractivity contribution in [3.63, 3.8) is 0 Å². The molecular formula is C24H31N5S. The summed E-state index contributed by atoms with van der Waals surface area (Å²) in [4.78, 5) is 13.3. The fourth-order valence-electron chi connectivity index (χ4n) is 2.87. The zero-order valence-electron chi connectivity index (χ0n) is 18.3. The van der Waals surface area contributed by atoms with Gasteiger partial charge in [-0.25, -0.2) is 4.98 Å². The fraction of sp³-hybridized carbons (Fsp3) is 0.250. The third-order valence-corrected chi connectivity index (χ3v) is 5.35. The lowest BCUT2D eigenvalue weighted by Crippen LogP contribution is -2.09. The lowest BCUT2D eigenvalue weighted by Gasteiger charge is -2.11. The second-order valence-electron chi connectivity index (χ2n) is 6.75. The predicted molar refractivity (Wildman–Crippen MR) is 134 cm³/mol. The van der Waals surface area contributed by atoms with E-state index in [1.165, 1.54) is 4.88 Å². The summed E-state index contributed by atoms with van der Waals surface area (Å²) in [5, 5.41) is 3.35. The molecule has 0 fully saturated rings. The van der Waals surface area contributed by atoms with Crippen LogP contribution in [0.2, 0.25) is 0 Å². The van der Waals surface area contributed by atoms with E-state index >= 15 is 0 Å². The molecule has 1 aromatic carbocycles. The van der Waals surface area contributed by atoms with Crippen molar-refractivity contribution in [2.75, 3.05) is 25.1 Å². The van der Waals surface area contributed by atoms with Gasteiger partial charge in [0.15, 0.2) is 0 Å². The Morgan fingerprint density at radius 1 is 1.17 bits per heavy atom. The number of nitrogen functional groups attached to an aromatic ring is 1. The van der Waals surface area contributed by atoms with Crippen molar-refractivity contribution in [1.82, 2.24) is 9.88 Å². The van der Waals surface area contributed by atoms with Crippen molar-refractivity contribution in [1.29, 1.82) is 0 Å². The molecule has 0 radical (unpaired) electrons. The maximum atomic E-state index is 6.14. The van der Waals surface area contributed by atoms with Gasteiger partial charge in [-0.2, -0.15) is 0 Å². The van der Waals surface area contributed by atoms with Crippen LogP contribution in [0.25, 0.3) is 16.6 Å². The van der Waals surface area contributed by atoms with Gasteiger partial charge in [-0.15, -0.1) is 11.3 Å². The molecular weight excluding hydrogens is 390 g/mol. The summed E-state index contributed by atoms with van der Waals surface area (Å²) in [6.07, 6.45) is 1.78. The van der Waals surface area contributed by atoms with Crippen LogP contribution < -0.4 is 11.1 Å². The highest BCUT2D eigenvalue weighted by Gasteiger charge is 2.09. The van der Waals surface area contributed by atoms with E-state index in [1.807, 2.05) is 44.2 Å². The Balaban J connectivity index is 0.00000155. The van der Waals surface area contributed by atoms with E-state index in [9.17, 15) is 0 Å². The number of hydrogen-bond donors (Lipinski definition) is 2. The SMILES string of the molecule is C=Cc1cc(CNc2nc(-c3ccc(CN(C)C)s3)ccc2N)ccc1N=C.CC. The number of thiophene rings is 1. The van der Waals surface area contributed by atoms with Crippen LogP contribution >= 0.6 is 11.3 Å². The van der Waals surface area contributed by atoms with Gasteiger partial charge >= 0.3 is 0 Å². The Morgan fingerprint density at radius 3 is 2.60 bits per heavy atom. The van der Waals surface area contributed by atoms with Crippen molar-refractivity contribution >= 4 is 41.3 Å². The number of nitrogens with two attached hydrogens (primary N) is 1. The summed E-state index contributed by atoms with van der Waals surface area (Å²) in [5.74, 6) is 0.686. The first-order valence-electron chi connectivity index (χ1n) is 9.96. The molecule has 0 bridgehead atoms. The molecule has 3 aromatic rings. The summed E-state index contributed by atoms with van der Waals surface area (Å²) >= 11 is 1.75. The Hall–Kier alpha value is -2.96. The van der Waals surface area contributed by atoms with Crippen molar-refractivity contribution in [3.05, 3.63) is 65.0 Å². The van der Waals surface area contributed by atoms with Gasteiger partial charge in [0, 0.05) is 18.0 Å². The van der Waals surface area contributed by atoms with Gasteiger partial charge in [0.25, 0.3) is 0 Å². The third kappa shape index (κ3) is 6.02. The monoisotopic (exact) mass is 421 g/mol. The Kier molecular flexibility index (Phi) is 8.77. The van der Waals surface area contributed by atoms with Gasteiger partial charge in [0.2, 0.25) is 0 Å². The Morgan fingerprint density at radius 2 is 1.93 bits per heavy atom. The van der Waals surface area contributed by atoms with E-state index in [0.29, 0.717) is 18.1 Å². The zero-order valence-corrected chi connectivity index (χ0v) is 19.1. The van der Waals surface area contributed by atoms with Crippen LogP contribution in [-0.4, -0.2) is 30.7 Å². The topological polar surface area (TPSA) is 66.5 Å². The van der Waals surface area contributed by atoms with Crippen LogP contribution in [0.1, 0.15) is 29.9 Å². The second-order valence-corrected chi connectivity index (χ2v) is 7.92. The normalized spacial score (nSPS) is 10.3. The van der Waals surface area contributed by atoms with E-state index in [0.717, 1.165) is 33.9 Å². The molecule has 0 aliphatic carbocycles. The van der Waals surface area contributed by atoms with Gasteiger partial charge in [-0.05, 0) is 68.3 Å². The number of rotatable bonds is 8. The van der Waals surface area contributed by atoms with E-state index in [1.54, 1.807) is 17.4 Å². The maximum absolute atomic E-state index is 6.14. The van der Waals surface area contributed by atoms with Crippen molar-refractivity contribution in [2.45, 2.75) is 26.9 Å². The average Bonchev–Trinajstić information content (AvgIpc) is 3.22. The number of anilines is 2. The van der Waals surface area contributed by atoms with Crippen LogP contribution in [0.3, 0.4) is 0 Å². The standard InChI is InChI=1S/C22H25N5S.C2H6/c1-5-16-12-15(6-9-19(16)24-2)13-25-22-18(23)8-10-20(26-22)21-11-7-17(28-21)14-27(3)4;1-2/h5-12H,1-2,13-14,23H2,3-4H3,(H,25,26);1-2H3. The highest BCUT2D eigenvalue weighted by Crippen LogP contribution is 2.30. The van der Waals surface area contributed by atoms with Gasteiger partial charge in [-0.3, -0.25) is 4.99 Å². The van der Waals surface area contributed by atoms with E-state index < -0.39 is 0 Å². The Labute approximate surface area is 184 Å². The third-order valence-electron chi connectivity index (χ3n) is 4.25. The molecule has 0 amide bonds. The number of nitrogens with one attached hydrogen (secondary N) is 1. The number of benzene rings is 1. The second kappa shape index (κ2) is 11.3. The van der Waals surface area contributed by atoms with Crippen LogP contribution in [-0.2, 0) is 13.1 Å². The number of nitrogens with zero attached hydrogens (tertiary/aromatic N) is 3. The van der Waals surface area contributed by atoms with Crippen LogP contribution in [0.5, 0.6) is 0 Å². The van der Waals surface area contributed by atoms with Gasteiger partial charge in [0.1, 0.15) is 5.82 Å². The van der Waals surface area contributed by atoms with E-state index in [4.69, 9.17) is 10.7 Å². The molecule has 158 valence electrons. The van der Waals surface area contributed by atoms with E-state index in [2.05, 4.69) is 54.7 Å². The first-order chi connectivity index (χ1) is 14.5. The van der Waals surface area contributed by atoms with Gasteiger partial charge in [0.05, 0.1) is 21.9 Å². The highest BCUT2D eigenvalue weighted by atomic mass is 32.1. The summed E-state index contributed by atoms with van der Waals surface area (Å²) < 4.78 is 0. The minimum Gasteiger partial charge on any atom is -0.396 e. The molecule has 3 N–H and O–H groups in total. The van der Waals surface area contributed by atoms with Crippen molar-refractivity contribution in [3.8, 4) is 10.6 Å². The first-order valence-corrected chi connectivity index (χ1v) is 10.8. The number of pyridine rings is 1. The number of aromatic nitrogens is 1. The molecule has 2 aromatic heterocycles. The summed E-state index contributed by atoms with van der Waals surface area (Å²) in [5.41, 5.74) is 10.6. The zero-order chi connectivity index (χ0) is 22.1. The number of aliphatic imine (C=N–C) groups is 1. The molecule has 2 heterocycles. The quantitative estimate of drug-likeness (QED) is 0.433. The molecule has 0 spiro atoms. The number of hydrogen-bond acceptors (Lipinski definition) is 6. The molecule has 5 nitrogen and oxygen atoms in total. The minimum absolute atomic E-state index is 0.606. The predicted octanol–water partition coefficient (Wildman–Crippen LogP) is 6.07. The maximum Gasteiger partial charge on any atom is 0.150 e. The van der Waals surface area contributed by atoms with Gasteiger partial charge in [-0.1, -0.05) is 32.6 Å².